The maximum absolute atomic E-state index is 11.8. The van der Waals surface area contributed by atoms with Crippen LogP contribution in [0.5, 0.6) is 0 Å². The van der Waals surface area contributed by atoms with Crippen molar-refractivity contribution in [3.05, 3.63) is 565 Å². The van der Waals surface area contributed by atoms with E-state index in [1.54, 1.807) is 316 Å². The molecule has 0 saturated heterocycles. The molecule has 4 aromatic heterocycles. The number of hydrogen-bond donors (Lipinski definition) is 0. The van der Waals surface area contributed by atoms with Gasteiger partial charge in [0.2, 0.25) is 0 Å². The van der Waals surface area contributed by atoms with Gasteiger partial charge in [-0.3, -0.25) is 48.7 Å². The first kappa shape index (κ1) is 100. The van der Waals surface area contributed by atoms with Crippen LogP contribution in [0.3, 0.4) is 0 Å². The fourth-order valence-corrected chi connectivity index (χ4v) is 12.3. The Balaban J connectivity index is 0.000000169. The van der Waals surface area contributed by atoms with E-state index >= 15 is 0 Å². The number of fused-ring (bicyclic) bond motifs is 6. The Morgan fingerprint density at radius 3 is 0.386 bits per heavy atom. The zero-order chi connectivity index (χ0) is 91.3. The van der Waals surface area contributed by atoms with Crippen LogP contribution >= 0.6 is 0 Å². The fourth-order valence-electron chi connectivity index (χ4n) is 12.3. The summed E-state index contributed by atoms with van der Waals surface area (Å²) in [6.07, 6.45) is 14.0. The average Bonchev–Trinajstić information content (AvgIpc) is 0.799. The normalized spacial score (nSPS) is 10.9. The maximum Gasteiger partial charge on any atom is 3.00 e. The molecule has 0 fully saturated rings. The number of pyridine rings is 4. The Morgan fingerprint density at radius 2 is 0.265 bits per heavy atom. The van der Waals surface area contributed by atoms with Crippen LogP contribution in [-0.4, -0.2) is 54.6 Å². The quantitative estimate of drug-likeness (QED) is 0.0334. The second kappa shape index (κ2) is 54.6. The van der Waals surface area contributed by atoms with E-state index < -0.39 is 0 Å². The summed E-state index contributed by atoms with van der Waals surface area (Å²) in [6, 6.07) is 129. The predicted molar refractivity (Wildman–Crippen MR) is 505 cm³/mol. The smallest absolute Gasteiger partial charge is 0.872 e. The van der Waals surface area contributed by atoms with E-state index in [0.29, 0.717) is 66.8 Å². The summed E-state index contributed by atoms with van der Waals surface area (Å²) in [6.45, 7) is 0. The van der Waals surface area contributed by atoms with Gasteiger partial charge in [-0.1, -0.05) is 447 Å². The molecular weight excluding hydrogens is 1940 g/mol. The van der Waals surface area contributed by atoms with Crippen molar-refractivity contribution < 1.29 is 136 Å². The van der Waals surface area contributed by atoms with E-state index in [0.717, 1.165) is 80.1 Å². The summed E-state index contributed by atoms with van der Waals surface area (Å²) in [5, 5.41) is 75.1. The third kappa shape index (κ3) is 32.1. The third-order valence-corrected chi connectivity index (χ3v) is 19.0. The van der Waals surface area contributed by atoms with Crippen LogP contribution in [0.15, 0.2) is 498 Å². The van der Waals surface area contributed by atoms with Gasteiger partial charge in [0, 0.05) is 79.7 Å². The number of ketones is 6. The largest absolute Gasteiger partial charge is 3.00 e. The van der Waals surface area contributed by atoms with Crippen molar-refractivity contribution in [1.29, 1.82) is 0 Å². The van der Waals surface area contributed by atoms with E-state index in [9.17, 15) is 59.4 Å². The van der Waals surface area contributed by atoms with Gasteiger partial charge in [0.1, 0.15) is 0 Å². The number of aromatic nitrogens is 4. The van der Waals surface area contributed by atoms with Gasteiger partial charge in [0.25, 0.3) is 0 Å². The van der Waals surface area contributed by atoms with Crippen LogP contribution in [0.2, 0.25) is 0 Å². The van der Waals surface area contributed by atoms with Gasteiger partial charge >= 0.3 is 76.3 Å². The number of benzene rings is 14. The van der Waals surface area contributed by atoms with Crippen LogP contribution in [0, 0.1) is 76.3 Å². The Kier molecular flexibility index (Phi) is 41.5. The second-order valence-electron chi connectivity index (χ2n) is 28.1. The predicted octanol–water partition coefficient (Wildman–Crippen LogP) is 19.2. The molecule has 0 saturated carbocycles. The Bertz CT molecular complexity index is 5900. The minimum Gasteiger partial charge on any atom is -0.872 e. The second-order valence-corrected chi connectivity index (χ2v) is 28.1. The van der Waals surface area contributed by atoms with Gasteiger partial charge in [0.15, 0.2) is 34.7 Å². The van der Waals surface area contributed by atoms with Crippen LogP contribution in [0.25, 0.3) is 78.2 Å². The summed E-state index contributed by atoms with van der Waals surface area (Å²) < 4.78 is 0. The zero-order valence-corrected chi connectivity index (χ0v) is 74.7. The molecule has 0 amide bonds. The van der Waals surface area contributed by atoms with Gasteiger partial charge in [-0.05, 0) is 94.1 Å². The first-order chi connectivity index (χ1) is 63.5. The summed E-state index contributed by atoms with van der Waals surface area (Å²) in [5.74, 6) is -3.17. The fraction of sp³-hybridized carbons (Fsp3) is 0. The molecule has 4 heterocycles. The third-order valence-electron chi connectivity index (χ3n) is 19.0. The van der Waals surface area contributed by atoms with Crippen molar-refractivity contribution in [1.82, 2.24) is 19.9 Å². The first-order valence-electron chi connectivity index (χ1n) is 40.9. The molecule has 2 radical (unpaired) electrons. The van der Waals surface area contributed by atoms with Crippen LogP contribution in [0.4, 0.5) is 0 Å². The molecule has 650 valence electrons. The monoisotopic (exact) mass is 2030 g/mol. The van der Waals surface area contributed by atoms with Crippen molar-refractivity contribution in [2.24, 2.45) is 0 Å². The van der Waals surface area contributed by atoms with Crippen LogP contribution in [0.1, 0.15) is 95.5 Å². The summed E-state index contributed by atoms with van der Waals surface area (Å²) in [7, 11) is 0. The van der Waals surface area contributed by atoms with Gasteiger partial charge in [-0.25, -0.2) is 0 Å². The molecule has 0 spiro atoms. The molecule has 0 aliphatic carbocycles. The van der Waals surface area contributed by atoms with E-state index in [1.165, 1.54) is 0 Å². The summed E-state index contributed by atoms with van der Waals surface area (Å²) in [5.41, 5.74) is 10.2. The molecule has 18 aromatic rings. The molecule has 0 N–H and O–H groups in total. The molecule has 18 heteroatoms. The van der Waals surface area contributed by atoms with E-state index in [1.807, 2.05) is 97.1 Å². The average molecular weight is 2020 g/mol. The van der Waals surface area contributed by atoms with E-state index in [-0.39, 0.29) is 146 Å². The number of nitrogens with zero attached hydrogens (tertiary/aromatic N) is 4. The molecule has 0 atom stereocenters. The summed E-state index contributed by atoms with van der Waals surface area (Å²) in [4.78, 5) is 87.9. The molecule has 132 heavy (non-hydrogen) atoms. The molecule has 0 aliphatic rings. The number of rotatable bonds is 18. The minimum atomic E-state index is -0.264. The number of carbonyl (C=O) groups excluding carboxylic acids is 6. The maximum atomic E-state index is 11.8. The number of hydrogen-bond acceptors (Lipinski definition) is 16. The van der Waals surface area contributed by atoms with Crippen LogP contribution < -0.4 is 30.6 Å². The molecule has 0 bridgehead atoms. The SMILES string of the molecule is O=C(/C=C(\[O-])c1ccccc1)c1ccccc1.O=C(/C=C(\[O-])c1ccccc1)c1ccccc1.O=C(/C=C(\[O-])c1ccccc1)c1ccccc1.O=C(/C=C(\[O-])c1ccccc1)c1ccccc1.O=C(/C=C(\[O-])c1ccccc1)c1ccccc1.O=C(/C=C(\[O-])c1ccccc1)c1ccccc1.[Dy+3].[Dy+3].c1cnc2c(c1)ccc1cccnc12.c1cnc2c(c1)ccc1cccnc12. The molecule has 18 rings (SSSR count). The standard InChI is InChI=1S/6C15H12O2.2C12H8N2.2Dy/c6*16-14(12-7-3-1-4-8-12)11-15(17)13-9-5-2-6-10-13;2*1-3-9-5-6-10-4-2-8-14-12(10)11(9)13-7-1;;/h6*1-11,16H;2*1-8H;;/q;;;;;;;;2*+3/p-6/b6*14-11-;;;;. The molecule has 0 aliphatic heterocycles. The van der Waals surface area contributed by atoms with Crippen LogP contribution in [-0.2, 0) is 0 Å². The zero-order valence-electron chi connectivity index (χ0n) is 70.7. The minimum absolute atomic E-state index is 0. The molecule has 16 nitrogen and oxygen atoms in total. The Labute approximate surface area is 825 Å². The van der Waals surface area contributed by atoms with Crippen molar-refractivity contribution in [2.75, 3.05) is 0 Å². The van der Waals surface area contributed by atoms with Crippen molar-refractivity contribution >= 4 is 113 Å². The van der Waals surface area contributed by atoms with E-state index in [4.69, 9.17) is 0 Å². The summed E-state index contributed by atoms with van der Waals surface area (Å²) >= 11 is 0. The molecular formula is C114H82Dy2N4O12. The van der Waals surface area contributed by atoms with Gasteiger partial charge in [0.05, 0.1) is 22.1 Å². The first-order valence-corrected chi connectivity index (χ1v) is 40.9. The van der Waals surface area contributed by atoms with Crippen molar-refractivity contribution in [2.45, 2.75) is 0 Å². The topological polar surface area (TPSA) is 292 Å². The number of allylic oxidation sites excluding steroid dienone is 6. The Morgan fingerprint density at radius 1 is 0.152 bits per heavy atom. The van der Waals surface area contributed by atoms with Gasteiger partial charge in [-0.2, -0.15) is 0 Å². The van der Waals surface area contributed by atoms with Crippen molar-refractivity contribution in [3.63, 3.8) is 0 Å². The number of carbonyl (C=O) groups is 6. The molecule has 14 aromatic carbocycles. The van der Waals surface area contributed by atoms with Gasteiger partial charge < -0.3 is 30.6 Å². The Hall–Kier alpha value is -15.5. The van der Waals surface area contributed by atoms with Crippen molar-refractivity contribution in [3.8, 4) is 0 Å². The van der Waals surface area contributed by atoms with Gasteiger partial charge in [-0.15, -0.1) is 0 Å². The molecule has 0 unspecified atom stereocenters. The van der Waals surface area contributed by atoms with E-state index in [2.05, 4.69) is 68.5 Å².